The second kappa shape index (κ2) is 5.44. The number of phenolic OH excluding ortho intramolecular Hbond substituents is 1. The Bertz CT molecular complexity index is 821. The van der Waals surface area contributed by atoms with Crippen LogP contribution in [0.3, 0.4) is 0 Å². The molecule has 0 spiro atoms. The van der Waals surface area contributed by atoms with E-state index in [1.165, 1.54) is 0 Å². The summed E-state index contributed by atoms with van der Waals surface area (Å²) in [5.74, 6) is 0.176. The fraction of sp³-hybridized carbons (Fsp3) is 0.167. The summed E-state index contributed by atoms with van der Waals surface area (Å²) in [5.41, 5.74) is 1.10. The van der Waals surface area contributed by atoms with Crippen molar-refractivity contribution in [2.24, 2.45) is 0 Å². The topological polar surface area (TPSA) is 42.2 Å². The van der Waals surface area contributed by atoms with Crippen molar-refractivity contribution in [3.05, 3.63) is 76.7 Å². The molecule has 106 valence electrons. The van der Waals surface area contributed by atoms with Gasteiger partial charge in [-0.1, -0.05) is 37.3 Å². The summed E-state index contributed by atoms with van der Waals surface area (Å²) in [7, 11) is 0. The van der Waals surface area contributed by atoms with E-state index >= 15 is 0 Å². The molecule has 0 aliphatic heterocycles. The normalized spacial score (nSPS) is 12.4. The standard InChI is InChI=1S/C18H17NO2/c1-2-17(13-6-4-3-5-7-13)19-11-10-14-12-15(20)8-9-16(14)18(19)21/h3-12,17,20H,2H2,1H3. The molecule has 1 heterocycles. The Balaban J connectivity index is 2.18. The fourth-order valence-corrected chi connectivity index (χ4v) is 2.76. The van der Waals surface area contributed by atoms with Gasteiger partial charge >= 0.3 is 0 Å². The minimum absolute atomic E-state index is 0.0248. The Hall–Kier alpha value is -2.55. The molecule has 21 heavy (non-hydrogen) atoms. The van der Waals surface area contributed by atoms with E-state index in [-0.39, 0.29) is 17.4 Å². The highest BCUT2D eigenvalue weighted by atomic mass is 16.3. The van der Waals surface area contributed by atoms with Gasteiger partial charge in [0.05, 0.1) is 6.04 Å². The van der Waals surface area contributed by atoms with Crippen molar-refractivity contribution >= 4 is 10.8 Å². The number of phenols is 1. The average Bonchev–Trinajstić information content (AvgIpc) is 2.51. The summed E-state index contributed by atoms with van der Waals surface area (Å²) in [6, 6.07) is 16.8. The highest BCUT2D eigenvalue weighted by molar-refractivity contribution is 5.82. The molecule has 1 aromatic heterocycles. The monoisotopic (exact) mass is 279 g/mol. The Kier molecular flexibility index (Phi) is 3.48. The molecule has 1 N–H and O–H groups in total. The number of hydrogen-bond acceptors (Lipinski definition) is 2. The Morgan fingerprint density at radius 1 is 1.10 bits per heavy atom. The minimum Gasteiger partial charge on any atom is -0.508 e. The average molecular weight is 279 g/mol. The van der Waals surface area contributed by atoms with Crippen LogP contribution in [0.1, 0.15) is 24.9 Å². The molecule has 3 nitrogen and oxygen atoms in total. The highest BCUT2D eigenvalue weighted by Gasteiger charge is 2.14. The van der Waals surface area contributed by atoms with Crippen LogP contribution in [-0.4, -0.2) is 9.67 Å². The maximum atomic E-state index is 12.7. The molecule has 0 saturated carbocycles. The predicted molar refractivity (Wildman–Crippen MR) is 84.7 cm³/mol. The molecular weight excluding hydrogens is 262 g/mol. The van der Waals surface area contributed by atoms with Gasteiger partial charge in [0.1, 0.15) is 5.75 Å². The first kappa shape index (κ1) is 13.4. The molecule has 0 bridgehead atoms. The van der Waals surface area contributed by atoms with Crippen molar-refractivity contribution in [1.29, 1.82) is 0 Å². The molecule has 0 radical (unpaired) electrons. The maximum absolute atomic E-state index is 12.7. The van der Waals surface area contributed by atoms with E-state index in [0.29, 0.717) is 5.39 Å². The van der Waals surface area contributed by atoms with Gasteiger partial charge in [0.15, 0.2) is 0 Å². The first-order chi connectivity index (χ1) is 10.2. The molecule has 1 atom stereocenters. The van der Waals surface area contributed by atoms with Crippen LogP contribution >= 0.6 is 0 Å². The number of pyridine rings is 1. The van der Waals surface area contributed by atoms with E-state index in [1.807, 2.05) is 42.6 Å². The molecule has 1 unspecified atom stereocenters. The lowest BCUT2D eigenvalue weighted by molar-refractivity contribution is 0.476. The van der Waals surface area contributed by atoms with Gasteiger partial charge in [-0.25, -0.2) is 0 Å². The third-order valence-corrected chi connectivity index (χ3v) is 3.82. The van der Waals surface area contributed by atoms with Gasteiger partial charge in [-0.3, -0.25) is 4.79 Å². The summed E-state index contributed by atoms with van der Waals surface area (Å²) < 4.78 is 1.77. The van der Waals surface area contributed by atoms with Gasteiger partial charge in [0.25, 0.3) is 5.56 Å². The van der Waals surface area contributed by atoms with Gasteiger partial charge in [-0.05, 0) is 41.6 Å². The predicted octanol–water partition coefficient (Wildman–Crippen LogP) is 3.71. The van der Waals surface area contributed by atoms with E-state index in [1.54, 1.807) is 22.8 Å². The first-order valence-electron chi connectivity index (χ1n) is 7.09. The van der Waals surface area contributed by atoms with E-state index in [4.69, 9.17) is 0 Å². The van der Waals surface area contributed by atoms with E-state index in [9.17, 15) is 9.90 Å². The fourth-order valence-electron chi connectivity index (χ4n) is 2.76. The first-order valence-corrected chi connectivity index (χ1v) is 7.09. The number of aromatic hydroxyl groups is 1. The second-order valence-corrected chi connectivity index (χ2v) is 5.13. The SMILES string of the molecule is CCC(c1ccccc1)n1ccc2cc(O)ccc2c1=O. The van der Waals surface area contributed by atoms with Crippen molar-refractivity contribution in [2.45, 2.75) is 19.4 Å². The molecule has 0 aliphatic carbocycles. The lowest BCUT2D eigenvalue weighted by Gasteiger charge is -2.19. The summed E-state index contributed by atoms with van der Waals surface area (Å²) in [5, 5.41) is 10.9. The maximum Gasteiger partial charge on any atom is 0.258 e. The number of hydrogen-bond donors (Lipinski definition) is 1. The zero-order valence-corrected chi connectivity index (χ0v) is 11.9. The Labute approximate surface area is 123 Å². The molecule has 3 rings (SSSR count). The molecule has 2 aromatic carbocycles. The number of nitrogens with zero attached hydrogens (tertiary/aromatic N) is 1. The third-order valence-electron chi connectivity index (χ3n) is 3.82. The molecule has 0 aliphatic rings. The van der Waals surface area contributed by atoms with Gasteiger partial charge in [0.2, 0.25) is 0 Å². The number of fused-ring (bicyclic) bond motifs is 1. The Morgan fingerprint density at radius 3 is 2.57 bits per heavy atom. The van der Waals surface area contributed by atoms with E-state index in [0.717, 1.165) is 17.4 Å². The highest BCUT2D eigenvalue weighted by Crippen LogP contribution is 2.22. The van der Waals surface area contributed by atoms with Crippen molar-refractivity contribution in [1.82, 2.24) is 4.57 Å². The summed E-state index contributed by atoms with van der Waals surface area (Å²) in [6.45, 7) is 2.07. The summed E-state index contributed by atoms with van der Waals surface area (Å²) in [6.07, 6.45) is 2.65. The van der Waals surface area contributed by atoms with Crippen LogP contribution in [0.2, 0.25) is 0 Å². The molecule has 0 fully saturated rings. The lowest BCUT2D eigenvalue weighted by Crippen LogP contribution is -2.24. The second-order valence-electron chi connectivity index (χ2n) is 5.13. The number of rotatable bonds is 3. The van der Waals surface area contributed by atoms with Crippen molar-refractivity contribution in [3.8, 4) is 5.75 Å². The Morgan fingerprint density at radius 2 is 1.86 bits per heavy atom. The number of benzene rings is 2. The summed E-state index contributed by atoms with van der Waals surface area (Å²) >= 11 is 0. The van der Waals surface area contributed by atoms with Crippen molar-refractivity contribution < 1.29 is 5.11 Å². The molecule has 3 heteroatoms. The van der Waals surface area contributed by atoms with E-state index in [2.05, 4.69) is 6.92 Å². The zero-order chi connectivity index (χ0) is 14.8. The van der Waals surface area contributed by atoms with Crippen LogP contribution in [0.4, 0.5) is 0 Å². The van der Waals surface area contributed by atoms with Crippen LogP contribution < -0.4 is 5.56 Å². The number of aromatic nitrogens is 1. The van der Waals surface area contributed by atoms with Crippen LogP contribution in [-0.2, 0) is 0 Å². The smallest absolute Gasteiger partial charge is 0.258 e. The molecular formula is C18H17NO2. The van der Waals surface area contributed by atoms with Crippen LogP contribution in [0.15, 0.2) is 65.6 Å². The lowest BCUT2D eigenvalue weighted by atomic mass is 10.0. The summed E-state index contributed by atoms with van der Waals surface area (Å²) in [4.78, 5) is 12.7. The zero-order valence-electron chi connectivity index (χ0n) is 11.9. The van der Waals surface area contributed by atoms with Crippen LogP contribution in [0.5, 0.6) is 5.75 Å². The minimum atomic E-state index is -0.0248. The third kappa shape index (κ3) is 2.42. The van der Waals surface area contributed by atoms with Crippen LogP contribution in [0, 0.1) is 0 Å². The van der Waals surface area contributed by atoms with Crippen molar-refractivity contribution in [2.75, 3.05) is 0 Å². The van der Waals surface area contributed by atoms with Gasteiger partial charge in [0, 0.05) is 11.6 Å². The van der Waals surface area contributed by atoms with Gasteiger partial charge in [-0.2, -0.15) is 0 Å². The molecule has 0 saturated heterocycles. The van der Waals surface area contributed by atoms with Crippen molar-refractivity contribution in [3.63, 3.8) is 0 Å². The van der Waals surface area contributed by atoms with Crippen LogP contribution in [0.25, 0.3) is 10.8 Å². The van der Waals surface area contributed by atoms with Gasteiger partial charge in [-0.15, -0.1) is 0 Å². The van der Waals surface area contributed by atoms with Gasteiger partial charge < -0.3 is 9.67 Å². The molecule has 3 aromatic rings. The largest absolute Gasteiger partial charge is 0.508 e. The molecule has 0 amide bonds. The van der Waals surface area contributed by atoms with E-state index < -0.39 is 0 Å². The quantitative estimate of drug-likeness (QED) is 0.794.